The molecule has 3 nitrogen and oxygen atoms in total. The lowest BCUT2D eigenvalue weighted by molar-refractivity contribution is -0.144. The average Bonchev–Trinajstić information content (AvgIpc) is 1.80. The topological polar surface area (TPSA) is 46.5 Å². The first-order valence-electron chi connectivity index (χ1n) is 3.69. The maximum absolute atomic E-state index is 10.4. The van der Waals surface area contributed by atoms with Crippen LogP contribution in [0.4, 0.5) is 0 Å². The van der Waals surface area contributed by atoms with Gasteiger partial charge in [-0.2, -0.15) is 0 Å². The highest BCUT2D eigenvalue weighted by Gasteiger charge is 2.22. The minimum atomic E-state index is -0.782. The van der Waals surface area contributed by atoms with Gasteiger partial charge in [-0.15, -0.1) is 0 Å². The van der Waals surface area contributed by atoms with E-state index in [1.54, 1.807) is 13.8 Å². The normalized spacial score (nSPS) is 14.3. The van der Waals surface area contributed by atoms with Gasteiger partial charge in [-0.05, 0) is 13.8 Å². The Bertz CT molecular complexity index is 135. The van der Waals surface area contributed by atoms with E-state index in [0.29, 0.717) is 0 Å². The summed E-state index contributed by atoms with van der Waals surface area (Å²) in [5.74, 6) is -0.340. The molecule has 1 unspecified atom stereocenters. The van der Waals surface area contributed by atoms with E-state index < -0.39 is 5.60 Å². The van der Waals surface area contributed by atoms with Crippen LogP contribution in [-0.2, 0) is 9.53 Å². The predicted octanol–water partition coefficient (Wildman–Crippen LogP) is 0.956. The molecule has 0 aliphatic carbocycles. The Balaban J connectivity index is 3.70. The lowest BCUT2D eigenvalue weighted by Gasteiger charge is -2.24. The SMILES string of the molecule is CC(=O)OCC(C)C(C)(C)O. The Morgan fingerprint density at radius 1 is 1.64 bits per heavy atom. The van der Waals surface area contributed by atoms with Crippen molar-refractivity contribution in [2.75, 3.05) is 6.61 Å². The number of hydrogen-bond acceptors (Lipinski definition) is 3. The van der Waals surface area contributed by atoms with Gasteiger partial charge in [0.05, 0.1) is 12.2 Å². The minimum Gasteiger partial charge on any atom is -0.465 e. The molecule has 11 heavy (non-hydrogen) atoms. The molecule has 0 aromatic rings. The van der Waals surface area contributed by atoms with Crippen molar-refractivity contribution in [1.82, 2.24) is 0 Å². The third kappa shape index (κ3) is 4.79. The molecule has 0 aromatic heterocycles. The van der Waals surface area contributed by atoms with Crippen LogP contribution in [-0.4, -0.2) is 23.3 Å². The molecule has 0 bridgehead atoms. The van der Waals surface area contributed by atoms with Gasteiger partial charge in [0.2, 0.25) is 0 Å². The van der Waals surface area contributed by atoms with Crippen molar-refractivity contribution < 1.29 is 14.6 Å². The van der Waals surface area contributed by atoms with Gasteiger partial charge in [0, 0.05) is 12.8 Å². The van der Waals surface area contributed by atoms with E-state index in [9.17, 15) is 9.90 Å². The fourth-order valence-electron chi connectivity index (χ4n) is 0.446. The zero-order valence-corrected chi connectivity index (χ0v) is 7.55. The van der Waals surface area contributed by atoms with Crippen molar-refractivity contribution in [2.24, 2.45) is 5.92 Å². The second kappa shape index (κ2) is 3.72. The van der Waals surface area contributed by atoms with Crippen molar-refractivity contribution in [3.05, 3.63) is 0 Å². The molecule has 0 radical (unpaired) electrons. The molecule has 66 valence electrons. The quantitative estimate of drug-likeness (QED) is 0.625. The van der Waals surface area contributed by atoms with Crippen LogP contribution in [0.25, 0.3) is 0 Å². The highest BCUT2D eigenvalue weighted by molar-refractivity contribution is 5.65. The summed E-state index contributed by atoms with van der Waals surface area (Å²) in [4.78, 5) is 10.4. The Labute approximate surface area is 67.4 Å². The molecule has 0 aromatic carbocycles. The Hall–Kier alpha value is -0.570. The average molecular weight is 160 g/mol. The van der Waals surface area contributed by atoms with Gasteiger partial charge in [0.25, 0.3) is 0 Å². The third-order valence-corrected chi connectivity index (χ3v) is 1.74. The fourth-order valence-corrected chi connectivity index (χ4v) is 0.446. The van der Waals surface area contributed by atoms with E-state index in [1.165, 1.54) is 6.92 Å². The fraction of sp³-hybridized carbons (Fsp3) is 0.875. The standard InChI is InChI=1S/C8H16O3/c1-6(8(3,4)10)5-11-7(2)9/h6,10H,5H2,1-4H3. The van der Waals surface area contributed by atoms with E-state index >= 15 is 0 Å². The zero-order chi connectivity index (χ0) is 9.07. The molecule has 0 amide bonds. The summed E-state index contributed by atoms with van der Waals surface area (Å²) in [7, 11) is 0. The summed E-state index contributed by atoms with van der Waals surface area (Å²) in [6.45, 7) is 6.86. The Kier molecular flexibility index (Phi) is 3.52. The van der Waals surface area contributed by atoms with Gasteiger partial charge >= 0.3 is 5.97 Å². The van der Waals surface area contributed by atoms with Crippen LogP contribution in [0.3, 0.4) is 0 Å². The lowest BCUT2D eigenvalue weighted by atomic mass is 9.94. The van der Waals surface area contributed by atoms with E-state index in [0.717, 1.165) is 0 Å². The molecular formula is C8H16O3. The summed E-state index contributed by atoms with van der Waals surface area (Å²) in [6, 6.07) is 0. The number of aliphatic hydroxyl groups is 1. The summed E-state index contributed by atoms with van der Waals surface area (Å²) >= 11 is 0. The summed E-state index contributed by atoms with van der Waals surface area (Å²) in [5.41, 5.74) is -0.782. The van der Waals surface area contributed by atoms with Crippen molar-refractivity contribution in [1.29, 1.82) is 0 Å². The largest absolute Gasteiger partial charge is 0.465 e. The number of rotatable bonds is 3. The molecule has 3 heteroatoms. The van der Waals surface area contributed by atoms with Gasteiger partial charge in [-0.3, -0.25) is 4.79 Å². The van der Waals surface area contributed by atoms with Crippen LogP contribution in [0.15, 0.2) is 0 Å². The van der Waals surface area contributed by atoms with Crippen molar-refractivity contribution in [3.63, 3.8) is 0 Å². The minimum absolute atomic E-state index is 0.0357. The number of ether oxygens (including phenoxy) is 1. The second-order valence-corrected chi connectivity index (χ2v) is 3.36. The van der Waals surface area contributed by atoms with Crippen molar-refractivity contribution in [2.45, 2.75) is 33.3 Å². The summed E-state index contributed by atoms with van der Waals surface area (Å²) in [6.07, 6.45) is 0. The smallest absolute Gasteiger partial charge is 0.302 e. The van der Waals surface area contributed by atoms with Crippen LogP contribution >= 0.6 is 0 Å². The van der Waals surface area contributed by atoms with Crippen LogP contribution in [0, 0.1) is 5.92 Å². The molecule has 0 aliphatic heterocycles. The van der Waals surface area contributed by atoms with Gasteiger partial charge in [-0.1, -0.05) is 6.92 Å². The maximum atomic E-state index is 10.4. The molecule has 0 saturated heterocycles. The predicted molar refractivity (Wildman–Crippen MR) is 42.1 cm³/mol. The first-order chi connectivity index (χ1) is 4.84. The molecule has 1 N–H and O–H groups in total. The molecular weight excluding hydrogens is 144 g/mol. The number of carbonyl (C=O) groups is 1. The maximum Gasteiger partial charge on any atom is 0.302 e. The van der Waals surface area contributed by atoms with Gasteiger partial charge in [0.15, 0.2) is 0 Å². The van der Waals surface area contributed by atoms with E-state index in [-0.39, 0.29) is 18.5 Å². The molecule has 0 saturated carbocycles. The Morgan fingerprint density at radius 3 is 2.36 bits per heavy atom. The van der Waals surface area contributed by atoms with Crippen LogP contribution in [0.2, 0.25) is 0 Å². The van der Waals surface area contributed by atoms with Gasteiger partial charge < -0.3 is 9.84 Å². The molecule has 1 atom stereocenters. The number of esters is 1. The van der Waals surface area contributed by atoms with Crippen LogP contribution in [0.5, 0.6) is 0 Å². The monoisotopic (exact) mass is 160 g/mol. The highest BCUT2D eigenvalue weighted by atomic mass is 16.5. The number of carbonyl (C=O) groups excluding carboxylic acids is 1. The van der Waals surface area contributed by atoms with E-state index in [2.05, 4.69) is 0 Å². The van der Waals surface area contributed by atoms with E-state index in [4.69, 9.17) is 4.74 Å². The first-order valence-corrected chi connectivity index (χ1v) is 3.69. The molecule has 0 spiro atoms. The first kappa shape index (κ1) is 10.4. The van der Waals surface area contributed by atoms with Crippen LogP contribution in [0.1, 0.15) is 27.7 Å². The van der Waals surface area contributed by atoms with Crippen molar-refractivity contribution >= 4 is 5.97 Å². The molecule has 0 fully saturated rings. The lowest BCUT2D eigenvalue weighted by Crippen LogP contribution is -2.32. The second-order valence-electron chi connectivity index (χ2n) is 3.36. The molecule has 0 rings (SSSR count). The third-order valence-electron chi connectivity index (χ3n) is 1.74. The molecule has 0 heterocycles. The van der Waals surface area contributed by atoms with E-state index in [1.807, 2.05) is 6.92 Å². The van der Waals surface area contributed by atoms with Crippen molar-refractivity contribution in [3.8, 4) is 0 Å². The Morgan fingerprint density at radius 2 is 2.09 bits per heavy atom. The van der Waals surface area contributed by atoms with Gasteiger partial charge in [0.1, 0.15) is 0 Å². The summed E-state index contributed by atoms with van der Waals surface area (Å²) < 4.78 is 4.73. The number of hydrogen-bond donors (Lipinski definition) is 1. The zero-order valence-electron chi connectivity index (χ0n) is 7.55. The van der Waals surface area contributed by atoms with Crippen LogP contribution < -0.4 is 0 Å². The summed E-state index contributed by atoms with van der Waals surface area (Å²) in [5, 5.41) is 9.41. The van der Waals surface area contributed by atoms with Gasteiger partial charge in [-0.25, -0.2) is 0 Å². The molecule has 0 aliphatic rings. The highest BCUT2D eigenvalue weighted by Crippen LogP contribution is 2.15.